The van der Waals surface area contributed by atoms with Crippen LogP contribution in [-0.4, -0.2) is 59.1 Å². The number of thioether (sulfide) groups is 1. The van der Waals surface area contributed by atoms with E-state index in [1.54, 1.807) is 11.8 Å². The Morgan fingerprint density at radius 1 is 1.59 bits per heavy atom. The van der Waals surface area contributed by atoms with E-state index in [-0.39, 0.29) is 25.0 Å². The predicted octanol–water partition coefficient (Wildman–Crippen LogP) is -0.372. The molecule has 2 N–H and O–H groups in total. The number of carbonyl (C=O) groups excluding carboxylic acids is 1. The summed E-state index contributed by atoms with van der Waals surface area (Å²) in [4.78, 5) is 23.7. The average molecular weight is 256 g/mol. The lowest BCUT2D eigenvalue weighted by Crippen LogP contribution is -2.44. The van der Waals surface area contributed by atoms with Crippen molar-refractivity contribution < 1.29 is 14.7 Å². The van der Waals surface area contributed by atoms with E-state index >= 15 is 0 Å². The number of nitrogens with one attached hydrogen (secondary N) is 1. The number of terminal acetylenes is 1. The zero-order valence-corrected chi connectivity index (χ0v) is 10.3. The van der Waals surface area contributed by atoms with Crippen LogP contribution >= 0.6 is 11.8 Å². The van der Waals surface area contributed by atoms with E-state index in [4.69, 9.17) is 11.5 Å². The molecule has 1 unspecified atom stereocenters. The summed E-state index contributed by atoms with van der Waals surface area (Å²) in [6, 6.07) is 0.121. The molecule has 1 amide bonds. The highest BCUT2D eigenvalue weighted by molar-refractivity contribution is 7.99. The van der Waals surface area contributed by atoms with Gasteiger partial charge in [0.15, 0.2) is 0 Å². The van der Waals surface area contributed by atoms with Crippen LogP contribution in [0.15, 0.2) is 0 Å². The second kappa shape index (κ2) is 7.20. The number of hydrogen-bond acceptors (Lipinski definition) is 4. The van der Waals surface area contributed by atoms with Gasteiger partial charge in [0.1, 0.15) is 6.54 Å². The number of amides is 1. The number of carbonyl (C=O) groups is 2. The monoisotopic (exact) mass is 256 g/mol. The van der Waals surface area contributed by atoms with Crippen molar-refractivity contribution in [3.63, 3.8) is 0 Å². The minimum atomic E-state index is -1.04. The van der Waals surface area contributed by atoms with Gasteiger partial charge in [0.05, 0.1) is 6.54 Å². The van der Waals surface area contributed by atoms with Crippen LogP contribution in [0.4, 0.5) is 0 Å². The van der Waals surface area contributed by atoms with Gasteiger partial charge in [-0.2, -0.15) is 11.8 Å². The number of aliphatic carboxylic acids is 1. The van der Waals surface area contributed by atoms with Gasteiger partial charge >= 0.3 is 5.97 Å². The third-order valence-electron chi connectivity index (χ3n) is 2.38. The molecule has 0 aliphatic carbocycles. The summed E-state index contributed by atoms with van der Waals surface area (Å²) in [5.41, 5.74) is 0. The maximum Gasteiger partial charge on any atom is 0.323 e. The Hall–Kier alpha value is -1.19. The molecule has 1 atom stereocenters. The van der Waals surface area contributed by atoms with Crippen molar-refractivity contribution >= 4 is 23.6 Å². The fourth-order valence-electron chi connectivity index (χ4n) is 1.60. The minimum absolute atomic E-state index is 0.0466. The third kappa shape index (κ3) is 5.11. The third-order valence-corrected chi connectivity index (χ3v) is 3.51. The van der Waals surface area contributed by atoms with Crippen LogP contribution in [0.2, 0.25) is 0 Å². The van der Waals surface area contributed by atoms with E-state index in [1.807, 2.05) is 0 Å². The lowest BCUT2D eigenvalue weighted by molar-refractivity contribution is -0.144. The molecule has 0 aromatic heterocycles. The summed E-state index contributed by atoms with van der Waals surface area (Å²) >= 11 is 1.79. The summed E-state index contributed by atoms with van der Waals surface area (Å²) in [6.45, 7) is 0.602. The summed E-state index contributed by atoms with van der Waals surface area (Å²) in [5, 5.41) is 11.9. The first-order chi connectivity index (χ1) is 8.13. The molecule has 94 valence electrons. The zero-order valence-electron chi connectivity index (χ0n) is 9.52. The van der Waals surface area contributed by atoms with Gasteiger partial charge in [-0.25, -0.2) is 0 Å². The van der Waals surface area contributed by atoms with Crippen molar-refractivity contribution in [2.75, 3.05) is 31.1 Å². The topological polar surface area (TPSA) is 69.6 Å². The molecule has 1 fully saturated rings. The first kappa shape index (κ1) is 13.9. The molecule has 0 aromatic carbocycles. The SMILES string of the molecule is C#CCN(CC(=O)O)C(=O)CC1CSCCN1. The molecule has 1 saturated heterocycles. The molecular weight excluding hydrogens is 240 g/mol. The first-order valence-corrected chi connectivity index (χ1v) is 6.53. The second-order valence-corrected chi connectivity index (χ2v) is 4.93. The molecule has 0 spiro atoms. The molecule has 1 aliphatic rings. The highest BCUT2D eigenvalue weighted by Gasteiger charge is 2.21. The standard InChI is InChI=1S/C11H16N2O3S/c1-2-4-13(7-11(15)16)10(14)6-9-8-17-5-3-12-9/h1,9,12H,3-8H2,(H,15,16). The fraction of sp³-hybridized carbons (Fsp3) is 0.636. The lowest BCUT2D eigenvalue weighted by atomic mass is 10.2. The Kier molecular flexibility index (Phi) is 5.87. The first-order valence-electron chi connectivity index (χ1n) is 5.37. The van der Waals surface area contributed by atoms with Gasteiger partial charge in [-0.05, 0) is 0 Å². The maximum absolute atomic E-state index is 11.9. The highest BCUT2D eigenvalue weighted by atomic mass is 32.2. The Labute approximate surface area is 105 Å². The molecule has 5 nitrogen and oxygen atoms in total. The van der Waals surface area contributed by atoms with Gasteiger partial charge in [0.2, 0.25) is 5.91 Å². The Balaban J connectivity index is 2.46. The van der Waals surface area contributed by atoms with Gasteiger partial charge in [-0.1, -0.05) is 5.92 Å². The van der Waals surface area contributed by atoms with Crippen LogP contribution in [0, 0.1) is 12.3 Å². The van der Waals surface area contributed by atoms with E-state index in [0.29, 0.717) is 6.42 Å². The Morgan fingerprint density at radius 2 is 2.35 bits per heavy atom. The van der Waals surface area contributed by atoms with Gasteiger partial charge in [0.25, 0.3) is 0 Å². The molecule has 0 bridgehead atoms. The normalized spacial score (nSPS) is 19.4. The van der Waals surface area contributed by atoms with Crippen LogP contribution in [-0.2, 0) is 9.59 Å². The van der Waals surface area contributed by atoms with Gasteiger partial charge < -0.3 is 15.3 Å². The lowest BCUT2D eigenvalue weighted by Gasteiger charge is -2.25. The van der Waals surface area contributed by atoms with Crippen LogP contribution in [0.25, 0.3) is 0 Å². The average Bonchev–Trinajstić information content (AvgIpc) is 2.29. The molecule has 17 heavy (non-hydrogen) atoms. The van der Waals surface area contributed by atoms with Crippen molar-refractivity contribution in [3.05, 3.63) is 0 Å². The van der Waals surface area contributed by atoms with Crippen molar-refractivity contribution in [2.45, 2.75) is 12.5 Å². The summed E-state index contributed by atoms with van der Waals surface area (Å²) in [6.07, 6.45) is 5.43. The van der Waals surface area contributed by atoms with E-state index in [9.17, 15) is 9.59 Å². The number of rotatable bonds is 5. The van der Waals surface area contributed by atoms with E-state index in [1.165, 1.54) is 4.90 Å². The fourth-order valence-corrected chi connectivity index (χ4v) is 2.55. The van der Waals surface area contributed by atoms with E-state index in [2.05, 4.69) is 11.2 Å². The molecule has 1 heterocycles. The maximum atomic E-state index is 11.9. The quantitative estimate of drug-likeness (QED) is 0.657. The summed E-state index contributed by atoms with van der Waals surface area (Å²) in [5.74, 6) is 2.99. The number of carboxylic acids is 1. The number of hydrogen-bond donors (Lipinski definition) is 2. The molecule has 0 radical (unpaired) electrons. The van der Waals surface area contributed by atoms with Crippen molar-refractivity contribution in [2.24, 2.45) is 0 Å². The Bertz CT molecular complexity index is 321. The predicted molar refractivity (Wildman–Crippen MR) is 66.8 cm³/mol. The van der Waals surface area contributed by atoms with Crippen LogP contribution in [0.3, 0.4) is 0 Å². The van der Waals surface area contributed by atoms with Gasteiger partial charge in [-0.3, -0.25) is 9.59 Å². The molecule has 6 heteroatoms. The van der Waals surface area contributed by atoms with Crippen molar-refractivity contribution in [3.8, 4) is 12.3 Å². The smallest absolute Gasteiger partial charge is 0.323 e. The van der Waals surface area contributed by atoms with Crippen LogP contribution in [0.5, 0.6) is 0 Å². The summed E-state index contributed by atoms with van der Waals surface area (Å²) in [7, 11) is 0. The highest BCUT2D eigenvalue weighted by Crippen LogP contribution is 2.11. The molecular formula is C11H16N2O3S. The molecule has 1 rings (SSSR count). The van der Waals surface area contributed by atoms with Crippen LogP contribution in [0.1, 0.15) is 6.42 Å². The van der Waals surface area contributed by atoms with Crippen molar-refractivity contribution in [1.82, 2.24) is 10.2 Å². The zero-order chi connectivity index (χ0) is 12.7. The molecule has 1 aliphatic heterocycles. The number of nitrogens with zero attached hydrogens (tertiary/aromatic N) is 1. The molecule has 0 saturated carbocycles. The van der Waals surface area contributed by atoms with Crippen LogP contribution < -0.4 is 5.32 Å². The Morgan fingerprint density at radius 3 is 2.88 bits per heavy atom. The van der Waals surface area contributed by atoms with Gasteiger partial charge in [0, 0.05) is 30.5 Å². The second-order valence-electron chi connectivity index (χ2n) is 3.78. The number of carboxylic acid groups (broad SMARTS) is 1. The van der Waals surface area contributed by atoms with E-state index < -0.39 is 5.97 Å². The van der Waals surface area contributed by atoms with Crippen molar-refractivity contribution in [1.29, 1.82) is 0 Å². The van der Waals surface area contributed by atoms with Gasteiger partial charge in [-0.15, -0.1) is 6.42 Å². The minimum Gasteiger partial charge on any atom is -0.480 e. The summed E-state index contributed by atoms with van der Waals surface area (Å²) < 4.78 is 0. The van der Waals surface area contributed by atoms with E-state index in [0.717, 1.165) is 18.1 Å². The molecule has 0 aromatic rings. The largest absolute Gasteiger partial charge is 0.480 e.